The van der Waals surface area contributed by atoms with E-state index >= 15 is 0 Å². The van der Waals surface area contributed by atoms with Crippen LogP contribution in [0.15, 0.2) is 35.3 Å². The number of nitrogens with zero attached hydrogens (tertiary/aromatic N) is 3. The quantitative estimate of drug-likeness (QED) is 0.330. The van der Waals surface area contributed by atoms with Crippen LogP contribution in [-0.4, -0.2) is 67.5 Å². The molecule has 31 heavy (non-hydrogen) atoms. The summed E-state index contributed by atoms with van der Waals surface area (Å²) in [7, 11) is 1.84. The molecule has 2 heterocycles. The molecule has 0 aromatic heterocycles. The van der Waals surface area contributed by atoms with Gasteiger partial charge in [0.25, 0.3) is 0 Å². The van der Waals surface area contributed by atoms with Crippen molar-refractivity contribution < 1.29 is 4.79 Å². The molecule has 1 amide bonds. The van der Waals surface area contributed by atoms with Crippen molar-refractivity contribution >= 4 is 35.8 Å². The molecule has 0 saturated carbocycles. The van der Waals surface area contributed by atoms with E-state index in [1.807, 2.05) is 27.8 Å². The van der Waals surface area contributed by atoms with Gasteiger partial charge in [0.15, 0.2) is 5.96 Å². The summed E-state index contributed by atoms with van der Waals surface area (Å²) in [5.74, 6) is 1.67. The number of aliphatic imine (C=N–C) groups is 1. The molecule has 1 aromatic rings. The molecule has 0 radical (unpaired) electrons. The van der Waals surface area contributed by atoms with Crippen LogP contribution in [0.2, 0.25) is 0 Å². The molecule has 3 rings (SSSR count). The van der Waals surface area contributed by atoms with Gasteiger partial charge in [0.05, 0.1) is 5.41 Å². The average Bonchev–Trinajstić information content (AvgIpc) is 2.75. The van der Waals surface area contributed by atoms with Gasteiger partial charge in [-0.2, -0.15) is 0 Å². The number of benzene rings is 1. The first-order valence-electron chi connectivity index (χ1n) is 11.5. The summed E-state index contributed by atoms with van der Waals surface area (Å²) >= 11 is 0. The van der Waals surface area contributed by atoms with Crippen molar-refractivity contribution in [3.63, 3.8) is 0 Å². The van der Waals surface area contributed by atoms with E-state index in [2.05, 4.69) is 55.8 Å². The van der Waals surface area contributed by atoms with Crippen molar-refractivity contribution in [3.8, 4) is 0 Å². The monoisotopic (exact) mass is 541 g/mol. The fourth-order valence-corrected chi connectivity index (χ4v) is 4.83. The number of fused-ring (bicyclic) bond motifs is 1. The summed E-state index contributed by atoms with van der Waals surface area (Å²) in [4.78, 5) is 21.9. The van der Waals surface area contributed by atoms with Crippen molar-refractivity contribution in [1.29, 1.82) is 0 Å². The molecule has 2 unspecified atom stereocenters. The van der Waals surface area contributed by atoms with Crippen LogP contribution in [0.5, 0.6) is 0 Å². The van der Waals surface area contributed by atoms with Crippen LogP contribution in [0.1, 0.15) is 45.6 Å². The number of carbonyl (C=O) groups is 1. The Bertz CT molecular complexity index is 724. The molecule has 0 aliphatic carbocycles. The second-order valence-corrected chi connectivity index (χ2v) is 9.30. The summed E-state index contributed by atoms with van der Waals surface area (Å²) in [6.45, 7) is 11.4. The van der Waals surface area contributed by atoms with Gasteiger partial charge in [0.1, 0.15) is 0 Å². The minimum Gasteiger partial charge on any atom is -0.356 e. The van der Waals surface area contributed by atoms with Crippen LogP contribution >= 0.6 is 24.0 Å². The first-order valence-corrected chi connectivity index (χ1v) is 11.5. The van der Waals surface area contributed by atoms with Gasteiger partial charge in [-0.25, -0.2) is 0 Å². The number of hydrogen-bond donors (Lipinski definition) is 2. The van der Waals surface area contributed by atoms with Crippen LogP contribution in [0.3, 0.4) is 0 Å². The van der Waals surface area contributed by atoms with E-state index in [1.54, 1.807) is 0 Å². The Labute approximate surface area is 205 Å². The third kappa shape index (κ3) is 6.81. The Morgan fingerprint density at radius 2 is 1.90 bits per heavy atom. The Hall–Kier alpha value is -1.35. The van der Waals surface area contributed by atoms with Gasteiger partial charge in [-0.15, -0.1) is 24.0 Å². The van der Waals surface area contributed by atoms with Crippen molar-refractivity contribution in [3.05, 3.63) is 35.9 Å². The highest BCUT2D eigenvalue weighted by Crippen LogP contribution is 2.31. The Kier molecular flexibility index (Phi) is 10.1. The van der Waals surface area contributed by atoms with Crippen LogP contribution in [0.4, 0.5) is 0 Å². The molecular weight excluding hydrogens is 501 g/mol. The predicted octanol–water partition coefficient (Wildman–Crippen LogP) is 3.33. The molecule has 0 bridgehead atoms. The lowest BCUT2D eigenvalue weighted by Crippen LogP contribution is -2.57. The van der Waals surface area contributed by atoms with Crippen molar-refractivity contribution in [2.75, 3.05) is 39.8 Å². The number of guanidine groups is 1. The molecule has 2 saturated heterocycles. The SMILES string of the molecule is CCNC(=O)C(C)(C)CNC(=NC)N1CCC2C(CCCN2Cc2ccccc2)C1.I. The summed E-state index contributed by atoms with van der Waals surface area (Å²) in [5, 5.41) is 6.40. The van der Waals surface area contributed by atoms with Crippen molar-refractivity contribution in [2.45, 2.75) is 52.6 Å². The molecular formula is C24H40IN5O. The topological polar surface area (TPSA) is 60.0 Å². The van der Waals surface area contributed by atoms with E-state index in [9.17, 15) is 4.79 Å². The second-order valence-electron chi connectivity index (χ2n) is 9.30. The largest absolute Gasteiger partial charge is 0.356 e. The van der Waals surface area contributed by atoms with E-state index in [1.165, 1.54) is 24.9 Å². The fraction of sp³-hybridized carbons (Fsp3) is 0.667. The maximum absolute atomic E-state index is 12.3. The molecule has 0 spiro atoms. The second kappa shape index (κ2) is 12.0. The Balaban J connectivity index is 0.00000341. The van der Waals surface area contributed by atoms with E-state index in [-0.39, 0.29) is 29.9 Å². The van der Waals surface area contributed by atoms with Gasteiger partial charge < -0.3 is 15.5 Å². The van der Waals surface area contributed by atoms with Gasteiger partial charge in [-0.1, -0.05) is 30.3 Å². The number of carbonyl (C=O) groups excluding carboxylic acids is 1. The number of halogens is 1. The number of hydrogen-bond acceptors (Lipinski definition) is 3. The molecule has 2 N–H and O–H groups in total. The van der Waals surface area contributed by atoms with Crippen molar-refractivity contribution in [2.24, 2.45) is 16.3 Å². The minimum absolute atomic E-state index is 0. The van der Waals surface area contributed by atoms with Gasteiger partial charge in [-0.3, -0.25) is 14.7 Å². The van der Waals surface area contributed by atoms with Gasteiger partial charge in [-0.05, 0) is 58.1 Å². The molecule has 2 aliphatic heterocycles. The fourth-order valence-electron chi connectivity index (χ4n) is 4.83. The maximum atomic E-state index is 12.3. The highest BCUT2D eigenvalue weighted by Gasteiger charge is 2.37. The average molecular weight is 542 g/mol. The van der Waals surface area contributed by atoms with Crippen LogP contribution in [0, 0.1) is 11.3 Å². The maximum Gasteiger partial charge on any atom is 0.227 e. The molecule has 7 heteroatoms. The van der Waals surface area contributed by atoms with Crippen molar-refractivity contribution in [1.82, 2.24) is 20.4 Å². The first kappa shape index (κ1) is 25.9. The standard InChI is InChI=1S/C24H39N5O.HI/c1-5-26-22(30)24(2,3)18-27-23(25-4)29-15-13-21-20(17-29)12-9-14-28(21)16-19-10-7-6-8-11-19;/h6-8,10-11,20-21H,5,9,12-18H2,1-4H3,(H,25,27)(H,26,30);1H. The van der Waals surface area contributed by atoms with Gasteiger partial charge in [0, 0.05) is 45.8 Å². The predicted molar refractivity (Wildman–Crippen MR) is 139 cm³/mol. The number of amides is 1. The first-order chi connectivity index (χ1) is 14.4. The molecule has 174 valence electrons. The van der Waals surface area contributed by atoms with E-state index in [4.69, 9.17) is 0 Å². The van der Waals surface area contributed by atoms with E-state index in [0.717, 1.165) is 32.0 Å². The molecule has 2 aliphatic rings. The summed E-state index contributed by atoms with van der Waals surface area (Å²) in [6, 6.07) is 11.5. The zero-order valence-corrected chi connectivity index (χ0v) is 21.9. The number of piperidine rings is 2. The normalized spacial score (nSPS) is 22.3. The Morgan fingerprint density at radius 1 is 1.16 bits per heavy atom. The van der Waals surface area contributed by atoms with E-state index in [0.29, 0.717) is 25.0 Å². The highest BCUT2D eigenvalue weighted by atomic mass is 127. The lowest BCUT2D eigenvalue weighted by Gasteiger charge is -2.48. The third-order valence-electron chi connectivity index (χ3n) is 6.56. The third-order valence-corrected chi connectivity index (χ3v) is 6.56. The smallest absolute Gasteiger partial charge is 0.227 e. The number of rotatable bonds is 6. The van der Waals surface area contributed by atoms with E-state index < -0.39 is 5.41 Å². The van der Waals surface area contributed by atoms with Crippen LogP contribution in [-0.2, 0) is 11.3 Å². The lowest BCUT2D eigenvalue weighted by molar-refractivity contribution is -0.128. The molecule has 2 fully saturated rings. The van der Waals surface area contributed by atoms with Gasteiger partial charge in [0.2, 0.25) is 5.91 Å². The highest BCUT2D eigenvalue weighted by molar-refractivity contribution is 14.0. The summed E-state index contributed by atoms with van der Waals surface area (Å²) < 4.78 is 0. The summed E-state index contributed by atoms with van der Waals surface area (Å²) in [6.07, 6.45) is 3.71. The zero-order valence-electron chi connectivity index (χ0n) is 19.6. The molecule has 6 nitrogen and oxygen atoms in total. The minimum atomic E-state index is -0.471. The molecule has 1 aromatic carbocycles. The zero-order chi connectivity index (χ0) is 21.6. The molecule has 2 atom stereocenters. The lowest BCUT2D eigenvalue weighted by atomic mass is 9.83. The van der Waals surface area contributed by atoms with Crippen LogP contribution in [0.25, 0.3) is 0 Å². The van der Waals surface area contributed by atoms with Crippen LogP contribution < -0.4 is 10.6 Å². The number of nitrogens with one attached hydrogen (secondary N) is 2. The Morgan fingerprint density at radius 3 is 2.58 bits per heavy atom. The number of likely N-dealkylation sites (tertiary alicyclic amines) is 2. The van der Waals surface area contributed by atoms with Gasteiger partial charge >= 0.3 is 0 Å². The summed E-state index contributed by atoms with van der Waals surface area (Å²) in [5.41, 5.74) is 0.937.